The van der Waals surface area contributed by atoms with Crippen molar-refractivity contribution in [2.75, 3.05) is 11.9 Å². The second kappa shape index (κ2) is 3.37. The van der Waals surface area contributed by atoms with Gasteiger partial charge in [-0.2, -0.15) is 0 Å². The molecule has 0 spiro atoms. The number of anilines is 1. The molecular formula is C9H12FN. The van der Waals surface area contributed by atoms with Gasteiger partial charge >= 0.3 is 0 Å². The van der Waals surface area contributed by atoms with E-state index in [1.165, 1.54) is 12.1 Å². The van der Waals surface area contributed by atoms with E-state index in [-0.39, 0.29) is 5.82 Å². The molecule has 0 amide bonds. The van der Waals surface area contributed by atoms with E-state index in [0.29, 0.717) is 0 Å². The van der Waals surface area contributed by atoms with Crippen LogP contribution in [0.2, 0.25) is 0 Å². The zero-order chi connectivity index (χ0) is 8.27. The smallest absolute Gasteiger partial charge is 0.125 e. The first-order chi connectivity index (χ1) is 5.24. The Hall–Kier alpha value is -1.05. The van der Waals surface area contributed by atoms with Gasteiger partial charge in [-0.05, 0) is 31.5 Å². The molecule has 0 fully saturated rings. The van der Waals surface area contributed by atoms with Crippen LogP contribution in [0.4, 0.5) is 10.1 Å². The summed E-state index contributed by atoms with van der Waals surface area (Å²) >= 11 is 0. The Balaban J connectivity index is 2.93. The lowest BCUT2D eigenvalue weighted by molar-refractivity contribution is 0.628. The summed E-state index contributed by atoms with van der Waals surface area (Å²) in [6.07, 6.45) is 0. The summed E-state index contributed by atoms with van der Waals surface area (Å²) in [5.41, 5.74) is 1.96. The van der Waals surface area contributed by atoms with Gasteiger partial charge in [0.15, 0.2) is 0 Å². The van der Waals surface area contributed by atoms with Gasteiger partial charge in [-0.3, -0.25) is 0 Å². The number of hydrogen-bond donors (Lipinski definition) is 1. The van der Waals surface area contributed by atoms with Crippen LogP contribution in [-0.4, -0.2) is 6.54 Å². The molecule has 0 saturated carbocycles. The monoisotopic (exact) mass is 153 g/mol. The molecular weight excluding hydrogens is 141 g/mol. The van der Waals surface area contributed by atoms with Gasteiger partial charge in [-0.25, -0.2) is 4.39 Å². The van der Waals surface area contributed by atoms with Crippen LogP contribution in [-0.2, 0) is 0 Å². The predicted molar refractivity (Wildman–Crippen MR) is 45.3 cm³/mol. The van der Waals surface area contributed by atoms with Gasteiger partial charge in [0.05, 0.1) is 0 Å². The van der Waals surface area contributed by atoms with Crippen molar-refractivity contribution in [2.24, 2.45) is 0 Å². The lowest BCUT2D eigenvalue weighted by Gasteiger charge is -2.05. The van der Waals surface area contributed by atoms with Crippen molar-refractivity contribution in [1.29, 1.82) is 0 Å². The number of benzene rings is 1. The van der Waals surface area contributed by atoms with E-state index in [1.807, 2.05) is 13.8 Å². The van der Waals surface area contributed by atoms with Crippen molar-refractivity contribution >= 4 is 5.69 Å². The van der Waals surface area contributed by atoms with Gasteiger partial charge in [0.1, 0.15) is 5.82 Å². The van der Waals surface area contributed by atoms with Crippen LogP contribution < -0.4 is 5.32 Å². The van der Waals surface area contributed by atoms with Crippen LogP contribution in [0, 0.1) is 12.7 Å². The van der Waals surface area contributed by atoms with Crippen LogP contribution in [0.5, 0.6) is 0 Å². The van der Waals surface area contributed by atoms with Crippen molar-refractivity contribution in [1.82, 2.24) is 0 Å². The van der Waals surface area contributed by atoms with Crippen molar-refractivity contribution in [3.05, 3.63) is 29.6 Å². The zero-order valence-corrected chi connectivity index (χ0v) is 6.82. The van der Waals surface area contributed by atoms with Gasteiger partial charge in [0.25, 0.3) is 0 Å². The van der Waals surface area contributed by atoms with E-state index in [9.17, 15) is 4.39 Å². The molecule has 1 N–H and O–H groups in total. The van der Waals surface area contributed by atoms with Gasteiger partial charge in [-0.15, -0.1) is 0 Å². The third-order valence-electron chi connectivity index (χ3n) is 1.57. The van der Waals surface area contributed by atoms with E-state index in [2.05, 4.69) is 5.32 Å². The molecule has 0 heterocycles. The van der Waals surface area contributed by atoms with Gasteiger partial charge in [-0.1, -0.05) is 6.07 Å². The molecule has 60 valence electrons. The molecule has 0 atom stereocenters. The van der Waals surface area contributed by atoms with Crippen LogP contribution in [0.25, 0.3) is 0 Å². The van der Waals surface area contributed by atoms with Crippen molar-refractivity contribution in [3.8, 4) is 0 Å². The zero-order valence-electron chi connectivity index (χ0n) is 6.82. The molecule has 0 aromatic heterocycles. The van der Waals surface area contributed by atoms with E-state index in [0.717, 1.165) is 17.8 Å². The molecule has 2 heteroatoms. The van der Waals surface area contributed by atoms with E-state index in [1.54, 1.807) is 6.07 Å². The van der Waals surface area contributed by atoms with Crippen LogP contribution in [0.1, 0.15) is 12.5 Å². The average Bonchev–Trinajstić information content (AvgIpc) is 1.98. The number of aryl methyl sites for hydroxylation is 1. The Morgan fingerprint density at radius 3 is 2.82 bits per heavy atom. The number of halogens is 1. The van der Waals surface area contributed by atoms with Crippen molar-refractivity contribution in [2.45, 2.75) is 13.8 Å². The minimum Gasteiger partial charge on any atom is -0.385 e. The Labute approximate surface area is 66.2 Å². The molecule has 0 aliphatic carbocycles. The fourth-order valence-corrected chi connectivity index (χ4v) is 0.975. The molecule has 1 aromatic carbocycles. The summed E-state index contributed by atoms with van der Waals surface area (Å²) < 4.78 is 12.6. The lowest BCUT2D eigenvalue weighted by Crippen LogP contribution is -1.98. The highest BCUT2D eigenvalue weighted by atomic mass is 19.1. The maximum atomic E-state index is 12.6. The van der Waals surface area contributed by atoms with Crippen LogP contribution in [0.15, 0.2) is 18.2 Å². The Kier molecular flexibility index (Phi) is 2.47. The largest absolute Gasteiger partial charge is 0.385 e. The normalized spacial score (nSPS) is 9.73. The maximum absolute atomic E-state index is 12.6. The summed E-state index contributed by atoms with van der Waals surface area (Å²) in [7, 11) is 0. The highest BCUT2D eigenvalue weighted by Gasteiger charge is 1.96. The predicted octanol–water partition coefficient (Wildman–Crippen LogP) is 2.57. The molecule has 0 radical (unpaired) electrons. The molecule has 1 nitrogen and oxygen atoms in total. The summed E-state index contributed by atoms with van der Waals surface area (Å²) in [4.78, 5) is 0. The number of hydrogen-bond acceptors (Lipinski definition) is 1. The number of rotatable bonds is 2. The molecule has 0 aliphatic heterocycles. The minimum absolute atomic E-state index is 0.188. The third-order valence-corrected chi connectivity index (χ3v) is 1.57. The summed E-state index contributed by atoms with van der Waals surface area (Å²) in [6.45, 7) is 4.77. The highest BCUT2D eigenvalue weighted by Crippen LogP contribution is 2.14. The molecule has 1 aromatic rings. The van der Waals surface area contributed by atoms with E-state index >= 15 is 0 Å². The molecule has 0 saturated heterocycles. The fourth-order valence-electron chi connectivity index (χ4n) is 0.975. The minimum atomic E-state index is -0.188. The first-order valence-corrected chi connectivity index (χ1v) is 3.74. The van der Waals surface area contributed by atoms with Crippen molar-refractivity contribution < 1.29 is 4.39 Å². The summed E-state index contributed by atoms with van der Waals surface area (Å²) in [5, 5.41) is 3.08. The standard InChI is InChI=1S/C9H12FN/c1-3-11-9-6-8(10)5-4-7(9)2/h4-6,11H,3H2,1-2H3. The van der Waals surface area contributed by atoms with Crippen LogP contribution in [0.3, 0.4) is 0 Å². The summed E-state index contributed by atoms with van der Waals surface area (Å²) in [6, 6.07) is 4.75. The molecule has 0 aliphatic rings. The Morgan fingerprint density at radius 2 is 2.18 bits per heavy atom. The second-order valence-corrected chi connectivity index (χ2v) is 2.49. The average molecular weight is 153 g/mol. The molecule has 0 bridgehead atoms. The topological polar surface area (TPSA) is 12.0 Å². The molecule has 0 unspecified atom stereocenters. The third kappa shape index (κ3) is 1.93. The first kappa shape index (κ1) is 8.05. The Bertz CT molecular complexity index is 245. The Morgan fingerprint density at radius 1 is 1.45 bits per heavy atom. The second-order valence-electron chi connectivity index (χ2n) is 2.49. The van der Waals surface area contributed by atoms with Crippen LogP contribution >= 0.6 is 0 Å². The van der Waals surface area contributed by atoms with Crippen molar-refractivity contribution in [3.63, 3.8) is 0 Å². The number of nitrogens with one attached hydrogen (secondary N) is 1. The first-order valence-electron chi connectivity index (χ1n) is 3.74. The van der Waals surface area contributed by atoms with Gasteiger partial charge in [0.2, 0.25) is 0 Å². The van der Waals surface area contributed by atoms with Gasteiger partial charge < -0.3 is 5.32 Å². The quantitative estimate of drug-likeness (QED) is 0.688. The van der Waals surface area contributed by atoms with E-state index in [4.69, 9.17) is 0 Å². The fraction of sp³-hybridized carbons (Fsp3) is 0.333. The SMILES string of the molecule is CCNc1cc(F)ccc1C. The maximum Gasteiger partial charge on any atom is 0.125 e. The molecule has 1 rings (SSSR count). The lowest BCUT2D eigenvalue weighted by atomic mass is 10.2. The van der Waals surface area contributed by atoms with E-state index < -0.39 is 0 Å². The molecule has 11 heavy (non-hydrogen) atoms. The highest BCUT2D eigenvalue weighted by molar-refractivity contribution is 5.50. The summed E-state index contributed by atoms with van der Waals surface area (Å²) in [5.74, 6) is -0.188. The van der Waals surface area contributed by atoms with Gasteiger partial charge in [0, 0.05) is 12.2 Å².